The predicted octanol–water partition coefficient (Wildman–Crippen LogP) is 6.02. The predicted molar refractivity (Wildman–Crippen MR) is 147 cm³/mol. The number of unbranched alkanes of at least 4 members (excludes halogenated alkanes) is 1. The Bertz CT molecular complexity index is 1390. The van der Waals surface area contributed by atoms with E-state index < -0.39 is 0 Å². The van der Waals surface area contributed by atoms with Gasteiger partial charge in [0.15, 0.2) is 23.0 Å². The first-order valence-electron chi connectivity index (χ1n) is 13.4. The molecule has 0 unspecified atom stereocenters. The maximum atomic E-state index is 5.67. The zero-order valence-corrected chi connectivity index (χ0v) is 22.4. The minimum Gasteiger partial charge on any atom is -0.496 e. The fraction of sp³-hybridized carbons (Fsp3) is 0.323. The van der Waals surface area contributed by atoms with Crippen molar-refractivity contribution in [3.8, 4) is 40.1 Å². The summed E-state index contributed by atoms with van der Waals surface area (Å²) < 4.78 is 30.4. The highest BCUT2D eigenvalue weighted by atomic mass is 16.7. The van der Waals surface area contributed by atoms with E-state index in [1.807, 2.05) is 36.5 Å². The van der Waals surface area contributed by atoms with Crippen LogP contribution in [-0.2, 0) is 26.2 Å². The summed E-state index contributed by atoms with van der Waals surface area (Å²) in [4.78, 5) is 7.31. The van der Waals surface area contributed by atoms with Gasteiger partial charge in [0.05, 0.1) is 24.6 Å². The van der Waals surface area contributed by atoms with Gasteiger partial charge in [0.2, 0.25) is 13.6 Å². The number of ether oxygens (including phenoxy) is 5. The molecule has 2 aliphatic rings. The number of fused-ring (bicyclic) bond motifs is 2. The Hall–Kier alpha value is -4.17. The molecule has 0 saturated heterocycles. The smallest absolute Gasteiger partial charge is 0.231 e. The van der Waals surface area contributed by atoms with Gasteiger partial charge in [0.1, 0.15) is 11.6 Å². The monoisotopic (exact) mass is 527 g/mol. The molecule has 0 aliphatic carbocycles. The summed E-state index contributed by atoms with van der Waals surface area (Å²) in [7, 11) is 1.71. The van der Waals surface area contributed by atoms with Crippen LogP contribution in [0.15, 0.2) is 66.9 Å². The van der Waals surface area contributed by atoms with Crippen LogP contribution in [0.2, 0.25) is 0 Å². The number of para-hydroxylation sites is 1. The summed E-state index contributed by atoms with van der Waals surface area (Å²) >= 11 is 0. The summed E-state index contributed by atoms with van der Waals surface area (Å²) in [5.74, 6) is 4.93. The Kier molecular flexibility index (Phi) is 7.27. The zero-order valence-electron chi connectivity index (χ0n) is 22.4. The van der Waals surface area contributed by atoms with E-state index in [1.165, 1.54) is 0 Å². The average Bonchev–Trinajstić information content (AvgIpc) is 3.71. The van der Waals surface area contributed by atoms with Crippen LogP contribution in [0.5, 0.6) is 28.7 Å². The first-order chi connectivity index (χ1) is 19.2. The van der Waals surface area contributed by atoms with Crippen molar-refractivity contribution in [2.75, 3.05) is 20.7 Å². The van der Waals surface area contributed by atoms with Crippen LogP contribution in [0.3, 0.4) is 0 Å². The van der Waals surface area contributed by atoms with Gasteiger partial charge >= 0.3 is 0 Å². The number of nitrogens with zero attached hydrogens (tertiary/aromatic N) is 3. The molecule has 0 saturated carbocycles. The van der Waals surface area contributed by atoms with Gasteiger partial charge in [-0.3, -0.25) is 4.90 Å². The molecule has 1 aromatic heterocycles. The van der Waals surface area contributed by atoms with Crippen molar-refractivity contribution in [3.63, 3.8) is 0 Å². The first-order valence-corrected chi connectivity index (χ1v) is 13.4. The molecule has 0 bridgehead atoms. The van der Waals surface area contributed by atoms with Gasteiger partial charge < -0.3 is 28.3 Å². The van der Waals surface area contributed by atoms with Gasteiger partial charge in [-0.25, -0.2) is 4.98 Å². The van der Waals surface area contributed by atoms with Crippen LogP contribution >= 0.6 is 0 Å². The third kappa shape index (κ3) is 5.38. The Morgan fingerprint density at radius 1 is 0.821 bits per heavy atom. The number of benzene rings is 3. The Morgan fingerprint density at radius 3 is 2.10 bits per heavy atom. The Balaban J connectivity index is 1.32. The van der Waals surface area contributed by atoms with Crippen LogP contribution in [0.25, 0.3) is 11.4 Å². The zero-order chi connectivity index (χ0) is 26.6. The Labute approximate surface area is 228 Å². The van der Waals surface area contributed by atoms with Crippen LogP contribution in [-0.4, -0.2) is 35.1 Å². The van der Waals surface area contributed by atoms with Crippen LogP contribution < -0.4 is 23.7 Å². The lowest BCUT2D eigenvalue weighted by atomic mass is 10.1. The van der Waals surface area contributed by atoms with E-state index in [0.717, 1.165) is 96.0 Å². The molecule has 202 valence electrons. The highest BCUT2D eigenvalue weighted by molar-refractivity contribution is 5.65. The molecule has 0 spiro atoms. The van der Waals surface area contributed by atoms with Crippen molar-refractivity contribution in [2.45, 2.75) is 45.9 Å². The van der Waals surface area contributed by atoms with Gasteiger partial charge in [-0.2, -0.15) is 0 Å². The molecule has 0 atom stereocenters. The largest absolute Gasteiger partial charge is 0.496 e. The third-order valence-corrected chi connectivity index (χ3v) is 7.09. The van der Waals surface area contributed by atoms with Crippen molar-refractivity contribution >= 4 is 0 Å². The summed E-state index contributed by atoms with van der Waals surface area (Å²) in [5, 5.41) is 0. The summed E-state index contributed by atoms with van der Waals surface area (Å²) in [6, 6.07) is 20.4. The first kappa shape index (κ1) is 25.1. The maximum absolute atomic E-state index is 5.67. The van der Waals surface area contributed by atoms with Gasteiger partial charge in [-0.1, -0.05) is 37.6 Å². The van der Waals surface area contributed by atoms with Crippen molar-refractivity contribution in [3.05, 3.63) is 83.7 Å². The number of aromatic nitrogens is 2. The van der Waals surface area contributed by atoms with E-state index in [4.69, 9.17) is 28.7 Å². The van der Waals surface area contributed by atoms with Crippen molar-refractivity contribution < 1.29 is 23.7 Å². The lowest BCUT2D eigenvalue weighted by molar-refractivity contribution is 0.173. The van der Waals surface area contributed by atoms with E-state index in [2.05, 4.69) is 46.7 Å². The second-order valence-electron chi connectivity index (χ2n) is 9.80. The molecule has 8 nitrogen and oxygen atoms in total. The molecule has 6 rings (SSSR count). The fourth-order valence-electron chi connectivity index (χ4n) is 5.14. The lowest BCUT2D eigenvalue weighted by Crippen LogP contribution is -2.24. The molecular formula is C31H33N3O5. The summed E-state index contributed by atoms with van der Waals surface area (Å²) in [6.07, 6.45) is 4.17. The van der Waals surface area contributed by atoms with Crippen LogP contribution in [0, 0.1) is 0 Å². The normalized spacial score (nSPS) is 13.3. The number of rotatable bonds is 11. The van der Waals surface area contributed by atoms with Crippen LogP contribution in [0.1, 0.15) is 36.6 Å². The molecule has 0 fully saturated rings. The maximum Gasteiger partial charge on any atom is 0.231 e. The van der Waals surface area contributed by atoms with E-state index in [9.17, 15) is 0 Å². The second-order valence-corrected chi connectivity index (χ2v) is 9.80. The minimum absolute atomic E-state index is 0.266. The third-order valence-electron chi connectivity index (χ3n) is 7.09. The topological polar surface area (TPSA) is 67.2 Å². The number of imidazole rings is 1. The van der Waals surface area contributed by atoms with E-state index in [1.54, 1.807) is 7.11 Å². The highest BCUT2D eigenvalue weighted by Gasteiger charge is 2.21. The minimum atomic E-state index is 0.266. The molecule has 3 aromatic carbocycles. The van der Waals surface area contributed by atoms with Crippen molar-refractivity contribution in [1.82, 2.24) is 14.5 Å². The van der Waals surface area contributed by atoms with Crippen molar-refractivity contribution in [2.24, 2.45) is 0 Å². The van der Waals surface area contributed by atoms with Crippen molar-refractivity contribution in [1.29, 1.82) is 0 Å². The number of hydrogen-bond donors (Lipinski definition) is 0. The molecule has 0 N–H and O–H groups in total. The van der Waals surface area contributed by atoms with E-state index >= 15 is 0 Å². The summed E-state index contributed by atoms with van der Waals surface area (Å²) in [5.41, 5.74) is 4.47. The molecule has 2 aliphatic heterocycles. The molecule has 39 heavy (non-hydrogen) atoms. The summed E-state index contributed by atoms with van der Waals surface area (Å²) in [6.45, 7) is 5.81. The standard InChI is InChI=1S/C31H33N3O5/c1-3-4-13-34-24(16-32-31(34)25-7-5-6-8-26(25)35-2)19-33(17-22-9-11-27-29(14-22)38-20-36-27)18-23-10-12-28-30(15-23)39-21-37-28/h5-12,14-16H,3-4,13,17-21H2,1-2H3. The molecule has 8 heteroatoms. The lowest BCUT2D eigenvalue weighted by Gasteiger charge is -2.24. The Morgan fingerprint density at radius 2 is 1.46 bits per heavy atom. The molecule has 3 heterocycles. The van der Waals surface area contributed by atoms with Crippen LogP contribution in [0.4, 0.5) is 0 Å². The number of methoxy groups -OCH3 is 1. The van der Waals surface area contributed by atoms with Gasteiger partial charge in [-0.05, 0) is 53.9 Å². The molecular weight excluding hydrogens is 494 g/mol. The van der Waals surface area contributed by atoms with Gasteiger partial charge in [0.25, 0.3) is 0 Å². The average molecular weight is 528 g/mol. The SMILES string of the molecule is CCCCn1c(CN(Cc2ccc3c(c2)OCO3)Cc2ccc3c(c2)OCO3)cnc1-c1ccccc1OC. The highest BCUT2D eigenvalue weighted by Crippen LogP contribution is 2.35. The fourth-order valence-corrected chi connectivity index (χ4v) is 5.14. The quantitative estimate of drug-likeness (QED) is 0.236. The van der Waals surface area contributed by atoms with Gasteiger partial charge in [0, 0.05) is 26.2 Å². The van der Waals surface area contributed by atoms with Gasteiger partial charge in [-0.15, -0.1) is 0 Å². The molecule has 4 aromatic rings. The molecule has 0 radical (unpaired) electrons. The molecule has 0 amide bonds. The second kappa shape index (κ2) is 11.3. The number of hydrogen-bond acceptors (Lipinski definition) is 7. The van der Waals surface area contributed by atoms with E-state index in [0.29, 0.717) is 0 Å². The van der Waals surface area contributed by atoms with E-state index in [-0.39, 0.29) is 13.6 Å².